The van der Waals surface area contributed by atoms with Crippen LogP contribution in [0.3, 0.4) is 0 Å². The minimum absolute atomic E-state index is 0.209. The van der Waals surface area contributed by atoms with Crippen LogP contribution in [-0.4, -0.2) is 11.8 Å². The van der Waals surface area contributed by atoms with Crippen molar-refractivity contribution in [2.75, 3.05) is 0 Å². The van der Waals surface area contributed by atoms with Gasteiger partial charge in [-0.2, -0.15) is 0 Å². The summed E-state index contributed by atoms with van der Waals surface area (Å²) in [5, 5.41) is 0.656. The van der Waals surface area contributed by atoms with Crippen LogP contribution in [-0.2, 0) is 11.4 Å². The molecule has 0 heterocycles. The van der Waals surface area contributed by atoms with E-state index in [4.69, 9.17) is 16.3 Å². The molecule has 0 saturated carbocycles. The Morgan fingerprint density at radius 1 is 1.00 bits per heavy atom. The predicted molar refractivity (Wildman–Crippen MR) is 92.7 cm³/mol. The maximum atomic E-state index is 11.9. The number of nitrogens with one attached hydrogen (secondary N) is 2. The fraction of sp³-hybridized carbons (Fsp3) is 0.222. The lowest BCUT2D eigenvalue weighted by atomic mass is 10.1. The lowest BCUT2D eigenvalue weighted by molar-refractivity contribution is -0.121. The monoisotopic (exact) mass is 346 g/mol. The Labute approximate surface area is 145 Å². The third-order valence-electron chi connectivity index (χ3n) is 3.23. The van der Waals surface area contributed by atoms with E-state index in [0.29, 0.717) is 23.6 Å². The van der Waals surface area contributed by atoms with Gasteiger partial charge >= 0.3 is 0 Å². The van der Waals surface area contributed by atoms with E-state index in [0.717, 1.165) is 17.7 Å². The molecule has 0 spiro atoms. The van der Waals surface area contributed by atoms with Crippen molar-refractivity contribution in [3.8, 4) is 5.75 Å². The lowest BCUT2D eigenvalue weighted by Gasteiger charge is -2.08. The number of hydrogen-bond acceptors (Lipinski definition) is 3. The van der Waals surface area contributed by atoms with Crippen LogP contribution < -0.4 is 15.6 Å². The van der Waals surface area contributed by atoms with Crippen molar-refractivity contribution in [3.63, 3.8) is 0 Å². The molecule has 0 aliphatic rings. The minimum Gasteiger partial charge on any atom is -0.489 e. The molecule has 24 heavy (non-hydrogen) atoms. The van der Waals surface area contributed by atoms with Crippen LogP contribution >= 0.6 is 11.6 Å². The summed E-state index contributed by atoms with van der Waals surface area (Å²) in [5.41, 5.74) is 6.15. The van der Waals surface area contributed by atoms with Gasteiger partial charge in [0.15, 0.2) is 0 Å². The lowest BCUT2D eigenvalue weighted by Crippen LogP contribution is -2.41. The van der Waals surface area contributed by atoms with Gasteiger partial charge in [0.05, 0.1) is 0 Å². The Bertz CT molecular complexity index is 684. The number of rotatable bonds is 6. The zero-order valence-electron chi connectivity index (χ0n) is 13.3. The van der Waals surface area contributed by atoms with E-state index in [2.05, 4.69) is 10.9 Å². The van der Waals surface area contributed by atoms with E-state index in [1.807, 2.05) is 6.92 Å². The van der Waals surface area contributed by atoms with Crippen molar-refractivity contribution in [2.24, 2.45) is 0 Å². The summed E-state index contributed by atoms with van der Waals surface area (Å²) in [5.74, 6) is 0.156. The van der Waals surface area contributed by atoms with Gasteiger partial charge in [-0.1, -0.05) is 30.7 Å². The van der Waals surface area contributed by atoms with E-state index >= 15 is 0 Å². The number of halogens is 1. The van der Waals surface area contributed by atoms with Gasteiger partial charge in [0.2, 0.25) is 5.91 Å². The maximum Gasteiger partial charge on any atom is 0.269 e. The van der Waals surface area contributed by atoms with Crippen molar-refractivity contribution in [1.82, 2.24) is 10.9 Å². The first kappa shape index (κ1) is 17.8. The molecule has 2 aromatic carbocycles. The van der Waals surface area contributed by atoms with E-state index in [9.17, 15) is 9.59 Å². The van der Waals surface area contributed by atoms with Gasteiger partial charge in [-0.25, -0.2) is 0 Å². The van der Waals surface area contributed by atoms with Gasteiger partial charge in [-0.15, -0.1) is 0 Å². The van der Waals surface area contributed by atoms with Crippen molar-refractivity contribution >= 4 is 23.4 Å². The number of benzene rings is 2. The molecule has 5 nitrogen and oxygen atoms in total. The average molecular weight is 347 g/mol. The van der Waals surface area contributed by atoms with Gasteiger partial charge in [0.25, 0.3) is 5.91 Å². The second-order valence-corrected chi connectivity index (χ2v) is 5.63. The Morgan fingerprint density at radius 2 is 1.67 bits per heavy atom. The van der Waals surface area contributed by atoms with Gasteiger partial charge in [0, 0.05) is 17.0 Å². The molecule has 0 atom stereocenters. The molecule has 2 rings (SSSR count). The zero-order chi connectivity index (χ0) is 17.4. The number of amides is 2. The molecular formula is C18H19ClN2O3. The highest BCUT2D eigenvalue weighted by atomic mass is 35.5. The Morgan fingerprint density at radius 3 is 2.29 bits per heavy atom. The SMILES string of the molecule is CCCC(=O)NNC(=O)c1ccc(COc2ccc(Cl)cc2)cc1. The fourth-order valence-corrected chi connectivity index (χ4v) is 2.06. The fourth-order valence-electron chi connectivity index (χ4n) is 1.94. The first-order valence-electron chi connectivity index (χ1n) is 7.65. The highest BCUT2D eigenvalue weighted by molar-refractivity contribution is 6.30. The average Bonchev–Trinajstić information content (AvgIpc) is 2.60. The zero-order valence-corrected chi connectivity index (χ0v) is 14.1. The molecule has 0 fully saturated rings. The molecule has 0 radical (unpaired) electrons. The number of carbonyl (C=O) groups is 2. The molecule has 0 bridgehead atoms. The van der Waals surface area contributed by atoms with E-state index in [1.165, 1.54) is 0 Å². The number of hydrogen-bond donors (Lipinski definition) is 2. The normalized spacial score (nSPS) is 10.1. The van der Waals surface area contributed by atoms with Gasteiger partial charge in [-0.05, 0) is 48.4 Å². The molecule has 2 amide bonds. The summed E-state index contributed by atoms with van der Waals surface area (Å²) in [4.78, 5) is 23.2. The molecule has 0 aliphatic carbocycles. The van der Waals surface area contributed by atoms with Crippen LogP contribution in [0, 0.1) is 0 Å². The minimum atomic E-state index is -0.357. The molecule has 126 valence electrons. The molecule has 0 aromatic heterocycles. The predicted octanol–water partition coefficient (Wildman–Crippen LogP) is 3.48. The first-order valence-corrected chi connectivity index (χ1v) is 8.02. The van der Waals surface area contributed by atoms with E-state index in [1.54, 1.807) is 48.5 Å². The maximum absolute atomic E-state index is 11.9. The number of carbonyl (C=O) groups excluding carboxylic acids is 2. The molecule has 2 N–H and O–H groups in total. The van der Waals surface area contributed by atoms with Crippen LogP contribution in [0.2, 0.25) is 5.02 Å². The largest absolute Gasteiger partial charge is 0.489 e. The van der Waals surface area contributed by atoms with Crippen molar-refractivity contribution in [1.29, 1.82) is 0 Å². The topological polar surface area (TPSA) is 67.4 Å². The second kappa shape index (κ2) is 8.93. The van der Waals surface area contributed by atoms with Gasteiger partial charge in [0.1, 0.15) is 12.4 Å². The quantitative estimate of drug-likeness (QED) is 0.787. The molecule has 6 heteroatoms. The van der Waals surface area contributed by atoms with Crippen molar-refractivity contribution < 1.29 is 14.3 Å². The first-order chi connectivity index (χ1) is 11.6. The third-order valence-corrected chi connectivity index (χ3v) is 3.48. The van der Waals surface area contributed by atoms with Gasteiger partial charge < -0.3 is 4.74 Å². The summed E-state index contributed by atoms with van der Waals surface area (Å²) in [6, 6.07) is 14.1. The highest BCUT2D eigenvalue weighted by Gasteiger charge is 2.07. The van der Waals surface area contributed by atoms with Crippen LogP contribution in [0.4, 0.5) is 0 Å². The molecule has 0 aliphatic heterocycles. The van der Waals surface area contributed by atoms with Crippen LogP contribution in [0.1, 0.15) is 35.7 Å². The number of ether oxygens (including phenoxy) is 1. The highest BCUT2D eigenvalue weighted by Crippen LogP contribution is 2.17. The Balaban J connectivity index is 1.84. The molecular weight excluding hydrogens is 328 g/mol. The third kappa shape index (κ3) is 5.59. The van der Waals surface area contributed by atoms with E-state index < -0.39 is 0 Å². The summed E-state index contributed by atoms with van der Waals surface area (Å²) >= 11 is 5.82. The summed E-state index contributed by atoms with van der Waals surface area (Å²) in [6.45, 7) is 2.28. The van der Waals surface area contributed by atoms with E-state index in [-0.39, 0.29) is 11.8 Å². The van der Waals surface area contributed by atoms with Crippen LogP contribution in [0.25, 0.3) is 0 Å². The van der Waals surface area contributed by atoms with Crippen LogP contribution in [0.15, 0.2) is 48.5 Å². The molecule has 0 saturated heterocycles. The smallest absolute Gasteiger partial charge is 0.269 e. The van der Waals surface area contributed by atoms with Crippen molar-refractivity contribution in [3.05, 3.63) is 64.7 Å². The summed E-state index contributed by atoms with van der Waals surface area (Å²) in [6.07, 6.45) is 1.10. The summed E-state index contributed by atoms with van der Waals surface area (Å²) < 4.78 is 5.64. The van der Waals surface area contributed by atoms with Gasteiger partial charge in [-0.3, -0.25) is 20.4 Å². The second-order valence-electron chi connectivity index (χ2n) is 5.19. The summed E-state index contributed by atoms with van der Waals surface area (Å²) in [7, 11) is 0. The molecule has 0 unspecified atom stereocenters. The standard InChI is InChI=1S/C18H19ClN2O3/c1-2-3-17(22)20-21-18(23)14-6-4-13(5-7-14)12-24-16-10-8-15(19)9-11-16/h4-11H,2-3,12H2,1H3,(H,20,22)(H,21,23). The number of hydrazine groups is 1. The Hall–Kier alpha value is -2.53. The van der Waals surface area contributed by atoms with Crippen molar-refractivity contribution in [2.45, 2.75) is 26.4 Å². The Kier molecular flexibility index (Phi) is 6.63. The molecule has 2 aromatic rings. The van der Waals surface area contributed by atoms with Crippen LogP contribution in [0.5, 0.6) is 5.75 Å².